The number of carboxylic acids is 1. The molecule has 4 N–H and O–H groups in total. The number of carbonyl (C=O) groups is 1. The maximum absolute atomic E-state index is 13.3. The average Bonchev–Trinajstić information content (AvgIpc) is 2.22. The molecule has 0 amide bonds. The Balaban J connectivity index is 2.88. The molecule has 0 aliphatic carbocycles. The van der Waals surface area contributed by atoms with Crippen molar-refractivity contribution in [1.82, 2.24) is 0 Å². The topological polar surface area (TPSA) is 75.3 Å². The van der Waals surface area contributed by atoms with Gasteiger partial charge in [-0.2, -0.15) is 0 Å². The molecule has 16 heavy (non-hydrogen) atoms. The van der Waals surface area contributed by atoms with E-state index >= 15 is 0 Å². The lowest BCUT2D eigenvalue weighted by Gasteiger charge is -2.10. The number of rotatable bonds is 5. The highest BCUT2D eigenvalue weighted by Gasteiger charge is 2.13. The van der Waals surface area contributed by atoms with Crippen molar-refractivity contribution in [3.8, 4) is 0 Å². The Morgan fingerprint density at radius 2 is 2.25 bits per heavy atom. The molecule has 0 aromatic heterocycles. The predicted octanol–water partition coefficient (Wildman–Crippen LogP) is 2.32. The number of halogens is 1. The fourth-order valence-electron chi connectivity index (χ4n) is 1.31. The lowest BCUT2D eigenvalue weighted by Crippen LogP contribution is -2.08. The first kappa shape index (κ1) is 12.3. The van der Waals surface area contributed by atoms with Gasteiger partial charge in [0, 0.05) is 6.54 Å². The molecule has 0 atom stereocenters. The first-order valence-corrected chi connectivity index (χ1v) is 5.12. The standard InChI is InChI=1S/C11H15FN2O2/c1-2-3-4-14-10-6-8(12)7(11(15)16)5-9(10)13/h5-6,14H,2-4,13H2,1H3,(H,15,16). The van der Waals surface area contributed by atoms with E-state index in [1.807, 2.05) is 6.92 Å². The third-order valence-electron chi connectivity index (χ3n) is 2.22. The van der Waals surface area contributed by atoms with Crippen molar-refractivity contribution in [2.24, 2.45) is 0 Å². The van der Waals surface area contributed by atoms with E-state index in [0.717, 1.165) is 25.0 Å². The summed E-state index contributed by atoms with van der Waals surface area (Å²) in [6, 6.07) is 2.25. The van der Waals surface area contributed by atoms with Crippen LogP contribution >= 0.6 is 0 Å². The maximum atomic E-state index is 13.3. The number of benzene rings is 1. The van der Waals surface area contributed by atoms with Gasteiger partial charge in [-0.3, -0.25) is 0 Å². The average molecular weight is 226 g/mol. The van der Waals surface area contributed by atoms with Crippen molar-refractivity contribution in [1.29, 1.82) is 0 Å². The Hall–Kier alpha value is -1.78. The van der Waals surface area contributed by atoms with Crippen LogP contribution in [0.15, 0.2) is 12.1 Å². The van der Waals surface area contributed by atoms with Gasteiger partial charge in [0.25, 0.3) is 0 Å². The predicted molar refractivity (Wildman–Crippen MR) is 61.2 cm³/mol. The van der Waals surface area contributed by atoms with Crippen LogP contribution < -0.4 is 11.1 Å². The summed E-state index contributed by atoms with van der Waals surface area (Å²) in [6.07, 6.45) is 1.96. The zero-order chi connectivity index (χ0) is 12.1. The zero-order valence-electron chi connectivity index (χ0n) is 9.09. The van der Waals surface area contributed by atoms with E-state index in [0.29, 0.717) is 12.2 Å². The van der Waals surface area contributed by atoms with E-state index < -0.39 is 17.3 Å². The molecule has 0 spiro atoms. The van der Waals surface area contributed by atoms with Crippen molar-refractivity contribution in [2.75, 3.05) is 17.6 Å². The van der Waals surface area contributed by atoms with E-state index in [1.54, 1.807) is 0 Å². The first-order chi connectivity index (χ1) is 7.56. The fourth-order valence-corrected chi connectivity index (χ4v) is 1.31. The highest BCUT2D eigenvalue weighted by Crippen LogP contribution is 2.23. The minimum Gasteiger partial charge on any atom is -0.478 e. The first-order valence-electron chi connectivity index (χ1n) is 5.12. The summed E-state index contributed by atoms with van der Waals surface area (Å²) in [6.45, 7) is 2.73. The molecule has 0 bridgehead atoms. The number of hydrogen-bond donors (Lipinski definition) is 3. The quantitative estimate of drug-likeness (QED) is 0.532. The van der Waals surface area contributed by atoms with Gasteiger partial charge in [-0.15, -0.1) is 0 Å². The second-order valence-corrected chi connectivity index (χ2v) is 3.50. The van der Waals surface area contributed by atoms with Gasteiger partial charge in [-0.1, -0.05) is 13.3 Å². The highest BCUT2D eigenvalue weighted by molar-refractivity contribution is 5.90. The van der Waals surface area contributed by atoms with Gasteiger partial charge >= 0.3 is 5.97 Å². The normalized spacial score (nSPS) is 10.1. The number of anilines is 2. The summed E-state index contributed by atoms with van der Waals surface area (Å²) < 4.78 is 13.3. The molecular weight excluding hydrogens is 211 g/mol. The Labute approximate surface area is 93.3 Å². The molecule has 1 rings (SSSR count). The second-order valence-electron chi connectivity index (χ2n) is 3.50. The van der Waals surface area contributed by atoms with Gasteiger partial charge in [0.05, 0.1) is 16.9 Å². The number of hydrogen-bond acceptors (Lipinski definition) is 3. The summed E-state index contributed by atoms with van der Waals surface area (Å²) in [7, 11) is 0. The van der Waals surface area contributed by atoms with Crippen LogP contribution in [-0.4, -0.2) is 17.6 Å². The Bertz CT molecular complexity index is 394. The zero-order valence-corrected chi connectivity index (χ0v) is 9.09. The molecule has 1 aromatic rings. The van der Waals surface area contributed by atoms with Gasteiger partial charge < -0.3 is 16.2 Å². The fraction of sp³-hybridized carbons (Fsp3) is 0.364. The van der Waals surface area contributed by atoms with Crippen molar-refractivity contribution < 1.29 is 14.3 Å². The Kier molecular flexibility index (Phi) is 4.10. The monoisotopic (exact) mass is 226 g/mol. The molecule has 88 valence electrons. The molecule has 0 saturated heterocycles. The molecule has 0 aliphatic heterocycles. The maximum Gasteiger partial charge on any atom is 0.338 e. The summed E-state index contributed by atoms with van der Waals surface area (Å²) >= 11 is 0. The number of unbranched alkanes of at least 4 members (excludes halogenated alkanes) is 1. The van der Waals surface area contributed by atoms with Crippen molar-refractivity contribution in [2.45, 2.75) is 19.8 Å². The van der Waals surface area contributed by atoms with E-state index in [9.17, 15) is 9.18 Å². The number of carboxylic acid groups (broad SMARTS) is 1. The molecule has 0 unspecified atom stereocenters. The SMILES string of the molecule is CCCCNc1cc(F)c(C(=O)O)cc1N. The van der Waals surface area contributed by atoms with Gasteiger partial charge in [-0.25, -0.2) is 9.18 Å². The summed E-state index contributed by atoms with van der Waals surface area (Å²) in [5, 5.41) is 11.6. The molecule has 0 heterocycles. The van der Waals surface area contributed by atoms with Crippen LogP contribution in [-0.2, 0) is 0 Å². The van der Waals surface area contributed by atoms with Crippen LogP contribution in [0.2, 0.25) is 0 Å². The smallest absolute Gasteiger partial charge is 0.338 e. The molecule has 1 aromatic carbocycles. The van der Waals surface area contributed by atoms with Crippen LogP contribution in [0, 0.1) is 5.82 Å². The van der Waals surface area contributed by atoms with Gasteiger partial charge in [-0.05, 0) is 18.6 Å². The summed E-state index contributed by atoms with van der Waals surface area (Å²) in [5.41, 5.74) is 5.90. The van der Waals surface area contributed by atoms with Crippen molar-refractivity contribution >= 4 is 17.3 Å². The molecule has 5 heteroatoms. The van der Waals surface area contributed by atoms with Crippen molar-refractivity contribution in [3.63, 3.8) is 0 Å². The van der Waals surface area contributed by atoms with E-state index in [4.69, 9.17) is 10.8 Å². The Morgan fingerprint density at radius 1 is 1.56 bits per heavy atom. The minimum absolute atomic E-state index is 0.245. The number of nitrogens with two attached hydrogens (primary N) is 1. The molecule has 0 aliphatic rings. The van der Waals surface area contributed by atoms with Crippen molar-refractivity contribution in [3.05, 3.63) is 23.5 Å². The number of nitrogens with one attached hydrogen (secondary N) is 1. The highest BCUT2D eigenvalue weighted by atomic mass is 19.1. The second kappa shape index (κ2) is 5.34. The molecule has 0 fully saturated rings. The van der Waals surface area contributed by atoms with Gasteiger partial charge in [0.1, 0.15) is 5.82 Å². The van der Waals surface area contributed by atoms with Gasteiger partial charge in [0.2, 0.25) is 0 Å². The lowest BCUT2D eigenvalue weighted by atomic mass is 10.1. The third-order valence-corrected chi connectivity index (χ3v) is 2.22. The van der Waals surface area contributed by atoms with Crippen LogP contribution in [0.4, 0.5) is 15.8 Å². The van der Waals surface area contributed by atoms with Crippen LogP contribution in [0.25, 0.3) is 0 Å². The molecule has 0 saturated carbocycles. The third kappa shape index (κ3) is 2.85. The number of aromatic carboxylic acids is 1. The molecule has 4 nitrogen and oxygen atoms in total. The van der Waals surface area contributed by atoms with E-state index in [2.05, 4.69) is 5.32 Å². The summed E-state index contributed by atoms with van der Waals surface area (Å²) in [4.78, 5) is 10.6. The van der Waals surface area contributed by atoms with Gasteiger partial charge in [0.15, 0.2) is 0 Å². The largest absolute Gasteiger partial charge is 0.478 e. The lowest BCUT2D eigenvalue weighted by molar-refractivity contribution is 0.0692. The van der Waals surface area contributed by atoms with Crippen LogP contribution in [0.1, 0.15) is 30.1 Å². The molecule has 0 radical (unpaired) electrons. The number of nitrogen functional groups attached to an aromatic ring is 1. The Morgan fingerprint density at radius 3 is 2.81 bits per heavy atom. The van der Waals surface area contributed by atoms with E-state index in [-0.39, 0.29) is 5.69 Å². The summed E-state index contributed by atoms with van der Waals surface area (Å²) in [5.74, 6) is -2.09. The van der Waals surface area contributed by atoms with Crippen LogP contribution in [0.3, 0.4) is 0 Å². The molecular formula is C11H15FN2O2. The minimum atomic E-state index is -1.32. The van der Waals surface area contributed by atoms with E-state index in [1.165, 1.54) is 0 Å². The van der Waals surface area contributed by atoms with Crippen LogP contribution in [0.5, 0.6) is 0 Å².